The minimum atomic E-state index is -4.84. The number of carbonyl (C=O) groups excluding carboxylic acids is 1. The summed E-state index contributed by atoms with van der Waals surface area (Å²) in [6.45, 7) is 3.34. The van der Waals surface area contributed by atoms with Crippen LogP contribution in [0.3, 0.4) is 0 Å². The van der Waals surface area contributed by atoms with Crippen molar-refractivity contribution >= 4 is 45.7 Å². The molecule has 0 bridgehead atoms. The van der Waals surface area contributed by atoms with Crippen molar-refractivity contribution in [3.63, 3.8) is 0 Å². The van der Waals surface area contributed by atoms with Crippen molar-refractivity contribution in [3.05, 3.63) is 80.7 Å². The Morgan fingerprint density at radius 2 is 1.68 bits per heavy atom. The van der Waals surface area contributed by atoms with Crippen LogP contribution < -0.4 is 10.1 Å². The van der Waals surface area contributed by atoms with Gasteiger partial charge in [0, 0.05) is 10.4 Å². The zero-order valence-corrected chi connectivity index (χ0v) is 20.9. The Labute approximate surface area is 221 Å². The van der Waals surface area contributed by atoms with Gasteiger partial charge in [0.15, 0.2) is 0 Å². The molecule has 200 valence electrons. The van der Waals surface area contributed by atoms with Gasteiger partial charge >= 0.3 is 12.5 Å². The van der Waals surface area contributed by atoms with E-state index in [1.54, 1.807) is 13.8 Å². The van der Waals surface area contributed by atoms with Crippen LogP contribution in [0.2, 0.25) is 10.0 Å². The lowest BCUT2D eigenvalue weighted by Gasteiger charge is -2.13. The van der Waals surface area contributed by atoms with Crippen LogP contribution in [0.15, 0.2) is 42.5 Å². The highest BCUT2D eigenvalue weighted by Gasteiger charge is 2.35. The summed E-state index contributed by atoms with van der Waals surface area (Å²) in [5.74, 6) is -1.26. The molecule has 0 unspecified atom stereocenters. The first-order valence-corrected chi connectivity index (χ1v) is 11.4. The van der Waals surface area contributed by atoms with Crippen LogP contribution in [0.5, 0.6) is 5.75 Å². The third-order valence-corrected chi connectivity index (χ3v) is 5.98. The van der Waals surface area contributed by atoms with Crippen molar-refractivity contribution in [2.75, 3.05) is 5.32 Å². The number of benzene rings is 2. The minimum Gasteiger partial charge on any atom is -0.406 e. The highest BCUT2D eigenvalue weighted by Crippen LogP contribution is 2.35. The van der Waals surface area contributed by atoms with Crippen molar-refractivity contribution in [2.45, 2.75) is 32.9 Å². The maximum atomic E-state index is 13.5. The number of amides is 1. The maximum Gasteiger partial charge on any atom is 0.573 e. The van der Waals surface area contributed by atoms with Crippen molar-refractivity contribution in [1.29, 1.82) is 0 Å². The zero-order chi connectivity index (χ0) is 28.0. The predicted molar refractivity (Wildman–Crippen MR) is 129 cm³/mol. The summed E-state index contributed by atoms with van der Waals surface area (Å²) >= 11 is 12.1. The van der Waals surface area contributed by atoms with E-state index in [0.29, 0.717) is 23.0 Å². The Bertz CT molecular complexity index is 1530. The van der Waals surface area contributed by atoms with Crippen LogP contribution in [0, 0.1) is 13.8 Å². The summed E-state index contributed by atoms with van der Waals surface area (Å²) in [4.78, 5) is 16.8. The second-order valence-electron chi connectivity index (χ2n) is 8.19. The molecule has 0 saturated heterocycles. The molecular formula is C24H16Cl2F6N4O2. The van der Waals surface area contributed by atoms with E-state index in [-0.39, 0.29) is 44.5 Å². The fourth-order valence-corrected chi connectivity index (χ4v) is 4.30. The van der Waals surface area contributed by atoms with Gasteiger partial charge < -0.3 is 10.1 Å². The van der Waals surface area contributed by atoms with Gasteiger partial charge in [-0.3, -0.25) is 9.48 Å². The molecule has 0 radical (unpaired) electrons. The van der Waals surface area contributed by atoms with Gasteiger partial charge in [-0.05, 0) is 49.7 Å². The fourth-order valence-electron chi connectivity index (χ4n) is 3.77. The third kappa shape index (κ3) is 5.97. The standard InChI is InChI=1S/C24H16Cl2F6N4O2/c1-11-20(12(2)36(35-11)10-13-3-5-15(6-4-13)38-24(30,31)32)34-22(37)17-9-19(23(27,28)29)33-21-16(17)7-14(25)8-18(21)26/h3-9H,10H2,1-2H3,(H,34,37). The molecule has 1 N–H and O–H groups in total. The molecule has 38 heavy (non-hydrogen) atoms. The zero-order valence-electron chi connectivity index (χ0n) is 19.4. The summed E-state index contributed by atoms with van der Waals surface area (Å²) in [6, 6.07) is 8.28. The third-order valence-electron chi connectivity index (χ3n) is 5.48. The molecule has 0 aliphatic carbocycles. The predicted octanol–water partition coefficient (Wildman–Crippen LogP) is 7.57. The van der Waals surface area contributed by atoms with E-state index in [1.165, 1.54) is 28.9 Å². The number of fused-ring (bicyclic) bond motifs is 1. The summed E-state index contributed by atoms with van der Waals surface area (Å²) in [5, 5.41) is 6.91. The highest BCUT2D eigenvalue weighted by atomic mass is 35.5. The SMILES string of the molecule is Cc1nn(Cc2ccc(OC(F)(F)F)cc2)c(C)c1NC(=O)c1cc(C(F)(F)F)nc2c(Cl)cc(Cl)cc12. The average molecular weight is 577 g/mol. The minimum absolute atomic E-state index is 0.0249. The van der Waals surface area contributed by atoms with Gasteiger partial charge in [0.1, 0.15) is 11.4 Å². The van der Waals surface area contributed by atoms with E-state index < -0.39 is 24.1 Å². The maximum absolute atomic E-state index is 13.5. The monoisotopic (exact) mass is 576 g/mol. The number of ether oxygens (including phenoxy) is 1. The number of nitrogens with one attached hydrogen (secondary N) is 1. The molecule has 6 nitrogen and oxygen atoms in total. The van der Waals surface area contributed by atoms with E-state index in [9.17, 15) is 31.1 Å². The van der Waals surface area contributed by atoms with Gasteiger partial charge in [-0.1, -0.05) is 35.3 Å². The fraction of sp³-hybridized carbons (Fsp3) is 0.208. The van der Waals surface area contributed by atoms with Crippen LogP contribution in [0.4, 0.5) is 32.0 Å². The molecular weight excluding hydrogens is 561 g/mol. The topological polar surface area (TPSA) is 69.0 Å². The lowest BCUT2D eigenvalue weighted by molar-refractivity contribution is -0.274. The quantitative estimate of drug-likeness (QED) is 0.249. The molecule has 0 spiro atoms. The molecule has 0 fully saturated rings. The molecule has 0 saturated carbocycles. The van der Waals surface area contributed by atoms with Crippen LogP contribution in [-0.4, -0.2) is 27.0 Å². The van der Waals surface area contributed by atoms with Gasteiger partial charge in [-0.2, -0.15) is 18.3 Å². The number of hydrogen-bond donors (Lipinski definition) is 1. The van der Waals surface area contributed by atoms with Gasteiger partial charge in [0.25, 0.3) is 5.91 Å². The second-order valence-corrected chi connectivity index (χ2v) is 9.03. The van der Waals surface area contributed by atoms with E-state index in [1.807, 2.05) is 0 Å². The number of anilines is 1. The lowest BCUT2D eigenvalue weighted by atomic mass is 10.1. The van der Waals surface area contributed by atoms with Crippen LogP contribution >= 0.6 is 23.2 Å². The smallest absolute Gasteiger partial charge is 0.406 e. The second kappa shape index (κ2) is 9.99. The first-order valence-electron chi connectivity index (χ1n) is 10.7. The van der Waals surface area contributed by atoms with E-state index in [2.05, 4.69) is 20.1 Å². The summed E-state index contributed by atoms with van der Waals surface area (Å²) in [7, 11) is 0. The van der Waals surface area contributed by atoms with E-state index in [4.69, 9.17) is 23.2 Å². The molecule has 1 amide bonds. The van der Waals surface area contributed by atoms with E-state index in [0.717, 1.165) is 12.1 Å². The number of carbonyl (C=O) groups is 1. The highest BCUT2D eigenvalue weighted by molar-refractivity contribution is 6.39. The average Bonchev–Trinajstić information content (AvgIpc) is 3.05. The Morgan fingerprint density at radius 1 is 1.03 bits per heavy atom. The molecule has 14 heteroatoms. The molecule has 0 aliphatic rings. The van der Waals surface area contributed by atoms with Gasteiger partial charge in [0.2, 0.25) is 0 Å². The molecule has 2 aromatic carbocycles. The van der Waals surface area contributed by atoms with Crippen molar-refractivity contribution in [1.82, 2.24) is 14.8 Å². The largest absolute Gasteiger partial charge is 0.573 e. The van der Waals surface area contributed by atoms with Crippen LogP contribution in [-0.2, 0) is 12.7 Å². The summed E-state index contributed by atoms with van der Waals surface area (Å²) in [5.41, 5.74) is -0.241. The molecule has 4 rings (SSSR count). The molecule has 0 aliphatic heterocycles. The number of aryl methyl sites for hydroxylation is 1. The van der Waals surface area contributed by atoms with Gasteiger partial charge in [-0.25, -0.2) is 4.98 Å². The number of rotatable bonds is 5. The van der Waals surface area contributed by atoms with E-state index >= 15 is 0 Å². The Kier molecular flexibility index (Phi) is 7.23. The number of pyridine rings is 1. The van der Waals surface area contributed by atoms with Crippen molar-refractivity contribution < 1.29 is 35.9 Å². The van der Waals surface area contributed by atoms with Crippen LogP contribution in [0.1, 0.15) is 33.0 Å². The Morgan fingerprint density at radius 3 is 2.29 bits per heavy atom. The first kappa shape index (κ1) is 27.5. The molecule has 2 aromatic heterocycles. The molecule has 4 aromatic rings. The number of alkyl halides is 6. The van der Waals surface area contributed by atoms with Crippen molar-refractivity contribution in [3.8, 4) is 5.75 Å². The Hall–Kier alpha value is -3.51. The first-order chi connectivity index (χ1) is 17.6. The number of halogens is 8. The number of nitrogens with zero attached hydrogens (tertiary/aromatic N) is 3. The normalized spacial score (nSPS) is 12.2. The summed E-state index contributed by atoms with van der Waals surface area (Å²) in [6.07, 6.45) is -9.66. The Balaban J connectivity index is 1.65. The number of aromatic nitrogens is 3. The van der Waals surface area contributed by atoms with Crippen LogP contribution in [0.25, 0.3) is 10.9 Å². The molecule has 2 heterocycles. The molecule has 0 atom stereocenters. The van der Waals surface area contributed by atoms with Gasteiger partial charge in [-0.15, -0.1) is 13.2 Å². The van der Waals surface area contributed by atoms with Crippen molar-refractivity contribution in [2.24, 2.45) is 0 Å². The van der Waals surface area contributed by atoms with Gasteiger partial charge in [0.05, 0.1) is 39.7 Å². The number of hydrogen-bond acceptors (Lipinski definition) is 4. The summed E-state index contributed by atoms with van der Waals surface area (Å²) < 4.78 is 83.0. The lowest BCUT2D eigenvalue weighted by Crippen LogP contribution is -2.17.